The molecule has 1 heterocycles. The topological polar surface area (TPSA) is 26.9 Å². The molecule has 0 saturated heterocycles. The molecule has 2 bridgehead atoms. The Bertz CT molecular complexity index is 939. The van der Waals surface area contributed by atoms with Gasteiger partial charge < -0.3 is 0 Å². The third kappa shape index (κ3) is 2.38. The van der Waals surface area contributed by atoms with Crippen LogP contribution in [0, 0.1) is 5.41 Å². The van der Waals surface area contributed by atoms with Crippen LogP contribution >= 0.6 is 0 Å². The first kappa shape index (κ1) is 18.4. The van der Waals surface area contributed by atoms with Crippen LogP contribution in [-0.2, 0) is 12.0 Å². The van der Waals surface area contributed by atoms with E-state index in [1.165, 1.54) is 0 Å². The molecule has 146 valence electrons. The zero-order valence-electron chi connectivity index (χ0n) is 16.1. The molecule has 27 heavy (non-hydrogen) atoms. The highest BCUT2D eigenvalue weighted by atomic mass is 19.4. The van der Waals surface area contributed by atoms with Crippen LogP contribution in [0.3, 0.4) is 0 Å². The third-order valence-electron chi connectivity index (χ3n) is 7.28. The van der Waals surface area contributed by atoms with Crippen LogP contribution in [0.5, 0.6) is 0 Å². The highest BCUT2D eigenvalue weighted by molar-refractivity contribution is 5.46. The Labute approximate surface area is 156 Å². The molecular formula is C21H25F3N2O. The van der Waals surface area contributed by atoms with E-state index in [4.69, 9.17) is 0 Å². The molecule has 3 nitrogen and oxygen atoms in total. The van der Waals surface area contributed by atoms with Gasteiger partial charge in [-0.05, 0) is 36.7 Å². The van der Waals surface area contributed by atoms with Gasteiger partial charge in [0.25, 0.3) is 5.56 Å². The van der Waals surface area contributed by atoms with Crippen LogP contribution in [0.15, 0.2) is 35.1 Å². The number of benzene rings is 1. The van der Waals surface area contributed by atoms with Crippen molar-refractivity contribution in [2.75, 3.05) is 0 Å². The molecule has 0 N–H and O–H groups in total. The van der Waals surface area contributed by atoms with E-state index >= 15 is 0 Å². The summed E-state index contributed by atoms with van der Waals surface area (Å²) < 4.78 is 42.5. The fourth-order valence-electron chi connectivity index (χ4n) is 5.47. The molecule has 0 radical (unpaired) electrons. The van der Waals surface area contributed by atoms with E-state index in [2.05, 4.69) is 20.8 Å². The van der Waals surface area contributed by atoms with E-state index in [1.807, 2.05) is 37.3 Å². The lowest BCUT2D eigenvalue weighted by atomic mass is 9.70. The zero-order chi connectivity index (χ0) is 19.8. The Kier molecular flexibility index (Phi) is 3.76. The van der Waals surface area contributed by atoms with Gasteiger partial charge in [-0.1, -0.05) is 51.1 Å². The monoisotopic (exact) mass is 378 g/mol. The Morgan fingerprint density at radius 1 is 1.19 bits per heavy atom. The van der Waals surface area contributed by atoms with E-state index in [9.17, 15) is 18.0 Å². The number of hydrogen-bond donors (Lipinski definition) is 0. The summed E-state index contributed by atoms with van der Waals surface area (Å²) in [6.07, 6.45) is -2.68. The van der Waals surface area contributed by atoms with Gasteiger partial charge in [-0.2, -0.15) is 13.2 Å². The van der Waals surface area contributed by atoms with E-state index in [0.29, 0.717) is 5.56 Å². The number of aromatic nitrogens is 2. The summed E-state index contributed by atoms with van der Waals surface area (Å²) in [5.41, 5.74) is 1.43. The molecule has 3 atom stereocenters. The molecule has 6 heteroatoms. The van der Waals surface area contributed by atoms with Crippen molar-refractivity contribution in [2.24, 2.45) is 5.41 Å². The first-order chi connectivity index (χ1) is 12.5. The maximum atomic E-state index is 13.3. The summed E-state index contributed by atoms with van der Waals surface area (Å²) in [6, 6.07) is 9.09. The number of hydrogen-bond acceptors (Lipinski definition) is 1. The maximum absolute atomic E-state index is 13.3. The Balaban J connectivity index is 1.99. The minimum Gasteiger partial charge on any atom is -0.278 e. The van der Waals surface area contributed by atoms with Crippen LogP contribution in [0.4, 0.5) is 13.2 Å². The van der Waals surface area contributed by atoms with Crippen LogP contribution < -0.4 is 5.56 Å². The fourth-order valence-corrected chi connectivity index (χ4v) is 5.47. The number of halogens is 3. The Morgan fingerprint density at radius 3 is 2.41 bits per heavy atom. The van der Waals surface area contributed by atoms with Crippen LogP contribution in [0.25, 0.3) is 0 Å². The number of fused-ring (bicyclic) bond motifs is 5. The van der Waals surface area contributed by atoms with Gasteiger partial charge in [0.05, 0.1) is 11.7 Å². The minimum absolute atomic E-state index is 0.0220. The second-order valence-corrected chi connectivity index (χ2v) is 8.82. The summed E-state index contributed by atoms with van der Waals surface area (Å²) >= 11 is 0. The van der Waals surface area contributed by atoms with Gasteiger partial charge in [0.15, 0.2) is 0 Å². The van der Waals surface area contributed by atoms with Gasteiger partial charge in [-0.15, -0.1) is 0 Å². The average Bonchev–Trinajstić information content (AvgIpc) is 3.06. The van der Waals surface area contributed by atoms with Crippen molar-refractivity contribution in [2.45, 2.75) is 70.6 Å². The van der Waals surface area contributed by atoms with E-state index < -0.39 is 18.3 Å². The highest BCUT2D eigenvalue weighted by Gasteiger charge is 2.63. The standard InChI is InChI=1S/C21H25F3N2O/c1-13(14-8-6-5-7-9-14)26-17-16(18(27)25(26)12-21(22,23)24)15-10-11-20(17,4)19(15,2)3/h5-9,13,15H,10-12H2,1-4H3/t13?,15-,20+/m1/s1. The van der Waals surface area contributed by atoms with Gasteiger partial charge >= 0.3 is 6.18 Å². The van der Waals surface area contributed by atoms with Gasteiger partial charge in [0.2, 0.25) is 0 Å². The number of nitrogens with zero attached hydrogens (tertiary/aromatic N) is 2. The molecule has 2 aliphatic rings. The Morgan fingerprint density at radius 2 is 1.81 bits per heavy atom. The van der Waals surface area contributed by atoms with Crippen molar-refractivity contribution in [1.29, 1.82) is 0 Å². The Hall–Kier alpha value is -1.98. The molecule has 1 unspecified atom stereocenters. The van der Waals surface area contributed by atoms with Crippen molar-refractivity contribution < 1.29 is 13.2 Å². The summed E-state index contributed by atoms with van der Waals surface area (Å²) in [7, 11) is 0. The van der Waals surface area contributed by atoms with E-state index in [0.717, 1.165) is 28.8 Å². The van der Waals surface area contributed by atoms with Crippen LogP contribution in [0.2, 0.25) is 0 Å². The molecule has 1 aromatic heterocycles. The van der Waals surface area contributed by atoms with Crippen molar-refractivity contribution >= 4 is 0 Å². The van der Waals surface area contributed by atoms with E-state index in [1.54, 1.807) is 4.68 Å². The van der Waals surface area contributed by atoms with Crippen LogP contribution in [-0.4, -0.2) is 15.5 Å². The predicted molar refractivity (Wildman–Crippen MR) is 98.1 cm³/mol. The molecule has 0 amide bonds. The van der Waals surface area contributed by atoms with Gasteiger partial charge in [-0.25, -0.2) is 4.68 Å². The zero-order valence-corrected chi connectivity index (χ0v) is 16.1. The van der Waals surface area contributed by atoms with Crippen molar-refractivity contribution in [3.05, 3.63) is 57.5 Å². The van der Waals surface area contributed by atoms with Gasteiger partial charge in [0.1, 0.15) is 6.54 Å². The summed E-state index contributed by atoms with van der Waals surface area (Å²) in [4.78, 5) is 13.2. The van der Waals surface area contributed by atoms with Gasteiger partial charge in [-0.3, -0.25) is 9.48 Å². The first-order valence-corrected chi connectivity index (χ1v) is 9.46. The molecule has 2 aromatic rings. The molecular weight excluding hydrogens is 353 g/mol. The molecule has 0 spiro atoms. The van der Waals surface area contributed by atoms with Crippen LogP contribution in [0.1, 0.15) is 69.3 Å². The second-order valence-electron chi connectivity index (χ2n) is 8.82. The van der Waals surface area contributed by atoms with E-state index in [-0.39, 0.29) is 22.8 Å². The largest absolute Gasteiger partial charge is 0.408 e. The number of rotatable bonds is 3. The highest BCUT2D eigenvalue weighted by Crippen LogP contribution is 2.67. The molecule has 0 aliphatic heterocycles. The second kappa shape index (κ2) is 5.52. The summed E-state index contributed by atoms with van der Waals surface area (Å²) in [5.74, 6) is 0.0220. The van der Waals surface area contributed by atoms with Crippen molar-refractivity contribution in [3.63, 3.8) is 0 Å². The van der Waals surface area contributed by atoms with Crippen molar-refractivity contribution in [3.8, 4) is 0 Å². The predicted octanol–water partition coefficient (Wildman–Crippen LogP) is 5.00. The SMILES string of the molecule is CC(c1ccccc1)n1c2c(c(=O)n1CC(F)(F)F)[C@H]1CC[C@]2(C)C1(C)C. The normalized spacial score (nSPS) is 27.0. The molecule has 1 fully saturated rings. The van der Waals surface area contributed by atoms with Crippen molar-refractivity contribution in [1.82, 2.24) is 9.36 Å². The smallest absolute Gasteiger partial charge is 0.278 e. The molecule has 2 aliphatic carbocycles. The fraction of sp³-hybridized carbons (Fsp3) is 0.571. The minimum atomic E-state index is -4.44. The average molecular weight is 378 g/mol. The maximum Gasteiger partial charge on any atom is 0.408 e. The summed E-state index contributed by atoms with van der Waals surface area (Å²) in [5, 5.41) is 0. The van der Waals surface area contributed by atoms with Gasteiger partial charge in [0, 0.05) is 11.0 Å². The first-order valence-electron chi connectivity index (χ1n) is 9.46. The lowest BCUT2D eigenvalue weighted by Crippen LogP contribution is -2.39. The summed E-state index contributed by atoms with van der Waals surface area (Å²) in [6.45, 7) is 7.04. The quantitative estimate of drug-likeness (QED) is 0.739. The lowest BCUT2D eigenvalue weighted by Gasteiger charge is -2.37. The third-order valence-corrected chi connectivity index (χ3v) is 7.28. The molecule has 1 saturated carbocycles. The molecule has 1 aromatic carbocycles. The molecule has 4 rings (SSSR count). The number of alkyl halides is 3. The lowest BCUT2D eigenvalue weighted by molar-refractivity contribution is -0.145.